The maximum absolute atomic E-state index is 11.3. The topological polar surface area (TPSA) is 30.2 Å². The van der Waals surface area contributed by atoms with Crippen LogP contribution in [-0.4, -0.2) is 5.78 Å². The fourth-order valence-corrected chi connectivity index (χ4v) is 1.51. The average Bonchev–Trinajstić information content (AvgIpc) is 2.62. The van der Waals surface area contributed by atoms with E-state index in [0.29, 0.717) is 12.8 Å². The predicted molar refractivity (Wildman–Crippen MR) is 55.2 cm³/mol. The first-order valence-corrected chi connectivity index (χ1v) is 4.78. The van der Waals surface area contributed by atoms with Gasteiger partial charge in [-0.15, -0.1) is 0 Å². The van der Waals surface area contributed by atoms with Crippen LogP contribution in [0.15, 0.2) is 34.9 Å². The van der Waals surface area contributed by atoms with Crippen LogP contribution >= 0.6 is 0 Å². The van der Waals surface area contributed by atoms with Crippen LogP contribution in [-0.2, 0) is 11.2 Å². The minimum atomic E-state index is 0.247. The molecule has 0 aliphatic heterocycles. The number of furan rings is 1. The van der Waals surface area contributed by atoms with Crippen molar-refractivity contribution in [3.63, 3.8) is 0 Å². The monoisotopic (exact) mass is 188 g/mol. The lowest BCUT2D eigenvalue weighted by Crippen LogP contribution is -1.98. The molecule has 2 nitrogen and oxygen atoms in total. The summed E-state index contributed by atoms with van der Waals surface area (Å²) in [6, 6.07) is 7.78. The molecule has 0 atom stereocenters. The highest BCUT2D eigenvalue weighted by Crippen LogP contribution is 2.21. The zero-order valence-corrected chi connectivity index (χ0v) is 8.12. The summed E-state index contributed by atoms with van der Waals surface area (Å²) < 4.78 is 5.34. The standard InChI is InChI=1S/C12H12O2/c1-2-10(13)7-9-8-14-12-6-4-3-5-11(9)12/h3-6,8H,2,7H2,1H3. The molecule has 1 heterocycles. The van der Waals surface area contributed by atoms with E-state index >= 15 is 0 Å². The maximum Gasteiger partial charge on any atom is 0.137 e. The summed E-state index contributed by atoms with van der Waals surface area (Å²) in [5, 5.41) is 1.05. The summed E-state index contributed by atoms with van der Waals surface area (Å²) in [5.41, 5.74) is 1.85. The summed E-state index contributed by atoms with van der Waals surface area (Å²) in [6.45, 7) is 1.88. The number of fused-ring (bicyclic) bond motifs is 1. The lowest BCUT2D eigenvalue weighted by Gasteiger charge is -1.94. The smallest absolute Gasteiger partial charge is 0.137 e. The van der Waals surface area contributed by atoms with Gasteiger partial charge in [0.1, 0.15) is 11.4 Å². The van der Waals surface area contributed by atoms with Crippen molar-refractivity contribution in [2.75, 3.05) is 0 Å². The van der Waals surface area contributed by atoms with Gasteiger partial charge in [-0.1, -0.05) is 25.1 Å². The number of carbonyl (C=O) groups excluding carboxylic acids is 1. The third kappa shape index (κ3) is 1.55. The molecule has 1 aromatic carbocycles. The van der Waals surface area contributed by atoms with Gasteiger partial charge in [-0.2, -0.15) is 0 Å². The quantitative estimate of drug-likeness (QED) is 0.741. The van der Waals surface area contributed by atoms with Crippen molar-refractivity contribution in [3.05, 3.63) is 36.1 Å². The number of Topliss-reactive ketones (excluding diaryl/α,β-unsaturated/α-hetero) is 1. The Labute approximate surface area is 82.5 Å². The van der Waals surface area contributed by atoms with Crippen LogP contribution in [0.1, 0.15) is 18.9 Å². The van der Waals surface area contributed by atoms with Gasteiger partial charge in [0.2, 0.25) is 0 Å². The minimum Gasteiger partial charge on any atom is -0.464 e. The molecule has 0 amide bonds. The van der Waals surface area contributed by atoms with E-state index in [-0.39, 0.29) is 5.78 Å². The van der Waals surface area contributed by atoms with Gasteiger partial charge in [-0.3, -0.25) is 4.79 Å². The number of hydrogen-bond donors (Lipinski definition) is 0. The first-order chi connectivity index (χ1) is 6.81. The van der Waals surface area contributed by atoms with E-state index < -0.39 is 0 Å². The Morgan fingerprint density at radius 1 is 1.36 bits per heavy atom. The Morgan fingerprint density at radius 2 is 2.14 bits per heavy atom. The van der Waals surface area contributed by atoms with Gasteiger partial charge in [0.25, 0.3) is 0 Å². The first-order valence-electron chi connectivity index (χ1n) is 4.78. The summed E-state index contributed by atoms with van der Waals surface area (Å²) in [5.74, 6) is 0.247. The van der Waals surface area contributed by atoms with E-state index in [9.17, 15) is 4.79 Å². The van der Waals surface area contributed by atoms with Crippen LogP contribution in [0, 0.1) is 0 Å². The van der Waals surface area contributed by atoms with E-state index in [4.69, 9.17) is 4.42 Å². The molecule has 0 saturated carbocycles. The van der Waals surface area contributed by atoms with Gasteiger partial charge >= 0.3 is 0 Å². The number of ketones is 1. The van der Waals surface area contributed by atoms with Crippen molar-refractivity contribution < 1.29 is 9.21 Å². The summed E-state index contributed by atoms with van der Waals surface area (Å²) in [6.07, 6.45) is 2.74. The molecule has 0 aliphatic carbocycles. The Hall–Kier alpha value is -1.57. The summed E-state index contributed by atoms with van der Waals surface area (Å²) >= 11 is 0. The summed E-state index contributed by atoms with van der Waals surface area (Å²) in [4.78, 5) is 11.3. The van der Waals surface area contributed by atoms with Gasteiger partial charge < -0.3 is 4.42 Å². The van der Waals surface area contributed by atoms with Crippen LogP contribution in [0.3, 0.4) is 0 Å². The van der Waals surface area contributed by atoms with Crippen LogP contribution in [0.4, 0.5) is 0 Å². The Bertz CT molecular complexity index is 454. The van der Waals surface area contributed by atoms with Crippen LogP contribution in [0.5, 0.6) is 0 Å². The Balaban J connectivity index is 2.38. The van der Waals surface area contributed by atoms with E-state index in [0.717, 1.165) is 16.5 Å². The molecule has 0 N–H and O–H groups in total. The third-order valence-electron chi connectivity index (χ3n) is 2.34. The molecular weight excluding hydrogens is 176 g/mol. The van der Waals surface area contributed by atoms with Gasteiger partial charge in [0.15, 0.2) is 0 Å². The number of carbonyl (C=O) groups is 1. The molecule has 2 heteroatoms. The van der Waals surface area contributed by atoms with E-state index in [1.807, 2.05) is 31.2 Å². The second-order valence-electron chi connectivity index (χ2n) is 3.33. The number of hydrogen-bond acceptors (Lipinski definition) is 2. The first kappa shape index (κ1) is 9.00. The zero-order valence-electron chi connectivity index (χ0n) is 8.12. The fraction of sp³-hybridized carbons (Fsp3) is 0.250. The molecule has 0 bridgehead atoms. The van der Waals surface area contributed by atoms with Gasteiger partial charge in [-0.05, 0) is 6.07 Å². The Kier molecular flexibility index (Phi) is 2.35. The van der Waals surface area contributed by atoms with Crippen molar-refractivity contribution in [2.45, 2.75) is 19.8 Å². The zero-order chi connectivity index (χ0) is 9.97. The predicted octanol–water partition coefficient (Wildman–Crippen LogP) is 2.95. The molecule has 0 aliphatic rings. The lowest BCUT2D eigenvalue weighted by atomic mass is 10.1. The SMILES string of the molecule is CCC(=O)Cc1coc2ccccc12. The maximum atomic E-state index is 11.3. The number of para-hydroxylation sites is 1. The average molecular weight is 188 g/mol. The molecule has 2 rings (SSSR count). The Morgan fingerprint density at radius 3 is 2.93 bits per heavy atom. The van der Waals surface area contributed by atoms with Crippen molar-refractivity contribution >= 4 is 16.8 Å². The molecule has 0 unspecified atom stereocenters. The number of rotatable bonds is 3. The van der Waals surface area contributed by atoms with Crippen LogP contribution < -0.4 is 0 Å². The largest absolute Gasteiger partial charge is 0.464 e. The van der Waals surface area contributed by atoms with E-state index in [1.165, 1.54) is 0 Å². The highest BCUT2D eigenvalue weighted by molar-refractivity contribution is 5.88. The molecule has 0 saturated heterocycles. The fourth-order valence-electron chi connectivity index (χ4n) is 1.51. The number of benzene rings is 1. The summed E-state index contributed by atoms with van der Waals surface area (Å²) in [7, 11) is 0. The molecule has 72 valence electrons. The molecule has 1 aromatic heterocycles. The van der Waals surface area contributed by atoms with Crippen LogP contribution in [0.2, 0.25) is 0 Å². The van der Waals surface area contributed by atoms with E-state index in [1.54, 1.807) is 6.26 Å². The minimum absolute atomic E-state index is 0.247. The van der Waals surface area contributed by atoms with Crippen molar-refractivity contribution in [3.8, 4) is 0 Å². The molecule has 0 spiro atoms. The van der Waals surface area contributed by atoms with Gasteiger partial charge in [0.05, 0.1) is 6.26 Å². The molecular formula is C12H12O2. The van der Waals surface area contributed by atoms with Crippen molar-refractivity contribution in [1.82, 2.24) is 0 Å². The van der Waals surface area contributed by atoms with Crippen molar-refractivity contribution in [2.24, 2.45) is 0 Å². The highest BCUT2D eigenvalue weighted by atomic mass is 16.3. The van der Waals surface area contributed by atoms with Crippen LogP contribution in [0.25, 0.3) is 11.0 Å². The van der Waals surface area contributed by atoms with Gasteiger partial charge in [-0.25, -0.2) is 0 Å². The molecule has 14 heavy (non-hydrogen) atoms. The molecule has 0 fully saturated rings. The third-order valence-corrected chi connectivity index (χ3v) is 2.34. The molecule has 2 aromatic rings. The highest BCUT2D eigenvalue weighted by Gasteiger charge is 2.07. The van der Waals surface area contributed by atoms with E-state index in [2.05, 4.69) is 0 Å². The second-order valence-corrected chi connectivity index (χ2v) is 3.33. The molecule has 0 radical (unpaired) electrons. The lowest BCUT2D eigenvalue weighted by molar-refractivity contribution is -0.118. The van der Waals surface area contributed by atoms with Gasteiger partial charge in [0, 0.05) is 23.8 Å². The van der Waals surface area contributed by atoms with Crippen molar-refractivity contribution in [1.29, 1.82) is 0 Å². The second kappa shape index (κ2) is 3.66. The normalized spacial score (nSPS) is 10.6.